The summed E-state index contributed by atoms with van der Waals surface area (Å²) in [5, 5.41) is 10.9. The summed E-state index contributed by atoms with van der Waals surface area (Å²) >= 11 is 0. The third kappa shape index (κ3) is 3.45. The molecule has 1 aliphatic rings. The molecule has 2 aromatic carbocycles. The van der Waals surface area contributed by atoms with E-state index in [9.17, 15) is 9.59 Å². The molecular weight excluding hydrogens is 430 g/mol. The van der Waals surface area contributed by atoms with Crippen LogP contribution >= 0.6 is 0 Å². The molecule has 9 nitrogen and oxygen atoms in total. The zero-order valence-electron chi connectivity index (χ0n) is 19.0. The number of primary amides is 1. The summed E-state index contributed by atoms with van der Waals surface area (Å²) < 4.78 is 0. The van der Waals surface area contributed by atoms with Gasteiger partial charge < -0.3 is 16.8 Å². The molecule has 1 saturated carbocycles. The van der Waals surface area contributed by atoms with Gasteiger partial charge in [0.2, 0.25) is 5.91 Å². The van der Waals surface area contributed by atoms with E-state index < -0.39 is 5.91 Å². The van der Waals surface area contributed by atoms with Crippen molar-refractivity contribution >= 4 is 34.1 Å². The van der Waals surface area contributed by atoms with Crippen LogP contribution in [0.4, 0.5) is 11.4 Å². The Morgan fingerprint density at radius 3 is 2.59 bits per heavy atom. The van der Waals surface area contributed by atoms with Crippen LogP contribution in [0.1, 0.15) is 42.2 Å². The van der Waals surface area contributed by atoms with Gasteiger partial charge in [-0.05, 0) is 43.5 Å². The molecule has 1 aliphatic carbocycles. The molecule has 1 fully saturated rings. The number of nitrogen functional groups attached to an aromatic ring is 1. The topological polar surface area (TPSA) is 153 Å². The highest BCUT2D eigenvalue weighted by Gasteiger charge is 2.39. The Morgan fingerprint density at radius 2 is 1.88 bits per heavy atom. The number of para-hydroxylation sites is 1. The molecular formula is C25H25N7O2. The minimum atomic E-state index is -0.761. The second-order valence-electron chi connectivity index (χ2n) is 9.02. The van der Waals surface area contributed by atoms with Crippen LogP contribution in [0.25, 0.3) is 33.5 Å². The summed E-state index contributed by atoms with van der Waals surface area (Å²) in [7, 11) is 0. The molecule has 0 spiro atoms. The fraction of sp³-hybridized carbons (Fsp3) is 0.240. The van der Waals surface area contributed by atoms with Crippen LogP contribution in [-0.4, -0.2) is 32.0 Å². The number of aromatic nitrogens is 4. The maximum Gasteiger partial charge on any atom is 0.269 e. The smallest absolute Gasteiger partial charge is 0.269 e. The Hall–Kier alpha value is -4.27. The number of nitrogens with zero attached hydrogens (tertiary/aromatic N) is 3. The number of hydrogen-bond donors (Lipinski definition) is 4. The molecule has 5 rings (SSSR count). The normalized spacial score (nSPS) is 14.5. The molecule has 0 bridgehead atoms. The van der Waals surface area contributed by atoms with Gasteiger partial charge in [-0.2, -0.15) is 5.10 Å². The molecule has 2 amide bonds. The fourth-order valence-electron chi connectivity index (χ4n) is 4.40. The van der Waals surface area contributed by atoms with Gasteiger partial charge in [-0.25, -0.2) is 9.97 Å². The third-order valence-electron chi connectivity index (χ3n) is 6.67. The van der Waals surface area contributed by atoms with E-state index >= 15 is 0 Å². The zero-order chi connectivity index (χ0) is 24.0. The molecule has 6 N–H and O–H groups in total. The predicted octanol–water partition coefficient (Wildman–Crippen LogP) is 3.81. The third-order valence-corrected chi connectivity index (χ3v) is 6.67. The quantitative estimate of drug-likeness (QED) is 0.359. The van der Waals surface area contributed by atoms with E-state index in [2.05, 4.69) is 20.5 Å². The molecule has 2 aromatic heterocycles. The Bertz CT molecular complexity index is 1450. The number of carbonyl (C=O) groups excluding carboxylic acids is 2. The van der Waals surface area contributed by atoms with Gasteiger partial charge in [0.1, 0.15) is 0 Å². The van der Waals surface area contributed by atoms with Crippen LogP contribution in [0, 0.1) is 12.3 Å². The van der Waals surface area contributed by atoms with E-state index in [0.29, 0.717) is 16.9 Å². The monoisotopic (exact) mass is 455 g/mol. The molecule has 9 heteroatoms. The lowest BCUT2D eigenvalue weighted by atomic mass is 9.70. The fourth-order valence-corrected chi connectivity index (χ4v) is 4.40. The highest BCUT2D eigenvalue weighted by atomic mass is 16.2. The lowest BCUT2D eigenvalue weighted by molar-refractivity contribution is -0.128. The summed E-state index contributed by atoms with van der Waals surface area (Å²) in [6, 6.07) is 11.1. The van der Waals surface area contributed by atoms with Gasteiger partial charge in [0.15, 0.2) is 11.5 Å². The van der Waals surface area contributed by atoms with Gasteiger partial charge in [-0.1, -0.05) is 31.5 Å². The van der Waals surface area contributed by atoms with E-state index in [1.807, 2.05) is 38.1 Å². The van der Waals surface area contributed by atoms with Crippen molar-refractivity contribution < 1.29 is 9.59 Å². The maximum atomic E-state index is 12.9. The maximum absolute atomic E-state index is 12.9. The molecule has 4 aromatic rings. The summed E-state index contributed by atoms with van der Waals surface area (Å²) in [5.41, 5.74) is 15.6. The van der Waals surface area contributed by atoms with Crippen molar-refractivity contribution in [1.29, 1.82) is 0 Å². The van der Waals surface area contributed by atoms with Crippen LogP contribution in [0.15, 0.2) is 42.6 Å². The zero-order valence-corrected chi connectivity index (χ0v) is 19.0. The van der Waals surface area contributed by atoms with Crippen molar-refractivity contribution in [2.45, 2.75) is 33.1 Å². The second-order valence-corrected chi connectivity index (χ2v) is 9.02. The molecule has 0 aliphatic heterocycles. The minimum absolute atomic E-state index is 0.0454. The largest absolute Gasteiger partial charge is 0.395 e. The van der Waals surface area contributed by atoms with Gasteiger partial charge in [0.05, 0.1) is 28.8 Å². The number of nitrogens with one attached hydrogen (secondary N) is 2. The van der Waals surface area contributed by atoms with E-state index in [4.69, 9.17) is 16.5 Å². The Balaban J connectivity index is 1.69. The van der Waals surface area contributed by atoms with Crippen molar-refractivity contribution in [2.75, 3.05) is 11.1 Å². The predicted molar refractivity (Wildman–Crippen MR) is 131 cm³/mol. The number of nitrogens with two attached hydrogens (primary N) is 2. The van der Waals surface area contributed by atoms with Crippen molar-refractivity contribution in [3.8, 4) is 22.6 Å². The number of anilines is 2. The molecule has 2 heterocycles. The van der Waals surface area contributed by atoms with E-state index in [-0.39, 0.29) is 28.5 Å². The van der Waals surface area contributed by atoms with E-state index in [1.54, 1.807) is 18.3 Å². The lowest BCUT2D eigenvalue weighted by Gasteiger charge is -2.36. The highest BCUT2D eigenvalue weighted by Crippen LogP contribution is 2.42. The Morgan fingerprint density at radius 1 is 1.12 bits per heavy atom. The van der Waals surface area contributed by atoms with Crippen molar-refractivity contribution in [3.63, 3.8) is 0 Å². The average molecular weight is 456 g/mol. The van der Waals surface area contributed by atoms with E-state index in [1.165, 1.54) is 0 Å². The summed E-state index contributed by atoms with van der Waals surface area (Å²) in [6.45, 7) is 3.90. The van der Waals surface area contributed by atoms with Gasteiger partial charge in [-0.3, -0.25) is 14.7 Å². The molecule has 34 heavy (non-hydrogen) atoms. The number of benzene rings is 2. The van der Waals surface area contributed by atoms with Crippen LogP contribution in [0.2, 0.25) is 0 Å². The van der Waals surface area contributed by atoms with E-state index in [0.717, 1.165) is 41.3 Å². The van der Waals surface area contributed by atoms with Gasteiger partial charge in [0, 0.05) is 21.9 Å². The molecule has 0 saturated heterocycles. The van der Waals surface area contributed by atoms with Gasteiger partial charge in [0.25, 0.3) is 5.91 Å². The number of carbonyl (C=O) groups is 2. The number of amides is 2. The number of rotatable bonds is 5. The SMILES string of the molecule is Cc1ccc2[nH]ncc2c1-c1nc(-c2ccccc2NC(=O)C2(C)CCC2)nc(C(N)=O)c1N. The first-order valence-corrected chi connectivity index (χ1v) is 11.1. The summed E-state index contributed by atoms with van der Waals surface area (Å²) in [6.07, 6.45) is 4.43. The number of H-pyrrole nitrogens is 1. The summed E-state index contributed by atoms with van der Waals surface area (Å²) in [5.74, 6) is -0.563. The number of fused-ring (bicyclic) bond motifs is 1. The number of aromatic amines is 1. The molecule has 0 radical (unpaired) electrons. The van der Waals surface area contributed by atoms with Crippen LogP contribution in [-0.2, 0) is 4.79 Å². The Kier molecular flexibility index (Phi) is 5.04. The highest BCUT2D eigenvalue weighted by molar-refractivity contribution is 6.04. The summed E-state index contributed by atoms with van der Waals surface area (Å²) in [4.78, 5) is 34.4. The van der Waals surface area contributed by atoms with Crippen molar-refractivity contribution in [3.05, 3.63) is 53.9 Å². The number of aryl methyl sites for hydroxylation is 1. The Labute approximate surface area is 196 Å². The van der Waals surface area contributed by atoms with Crippen LogP contribution in [0.3, 0.4) is 0 Å². The molecule has 0 atom stereocenters. The van der Waals surface area contributed by atoms with Crippen molar-refractivity contribution in [2.24, 2.45) is 11.1 Å². The first-order valence-electron chi connectivity index (χ1n) is 11.1. The van der Waals surface area contributed by atoms with Crippen LogP contribution in [0.5, 0.6) is 0 Å². The lowest BCUT2D eigenvalue weighted by Crippen LogP contribution is -2.39. The second kappa shape index (κ2) is 7.95. The first kappa shape index (κ1) is 21.6. The van der Waals surface area contributed by atoms with Gasteiger partial charge in [-0.15, -0.1) is 0 Å². The standard InChI is InChI=1S/C25H25N7O2/c1-13-8-9-17-15(12-28-32-17)18(13)20-19(26)21(22(27)33)31-23(30-20)14-6-3-4-7-16(14)29-24(34)25(2)10-5-11-25/h3-4,6-9,12H,5,10-11,26H2,1-2H3,(H2,27,33)(H,28,32)(H,29,34). The van der Waals surface area contributed by atoms with Crippen LogP contribution < -0.4 is 16.8 Å². The van der Waals surface area contributed by atoms with Crippen molar-refractivity contribution in [1.82, 2.24) is 20.2 Å². The molecule has 0 unspecified atom stereocenters. The molecule has 172 valence electrons. The van der Waals surface area contributed by atoms with Gasteiger partial charge >= 0.3 is 0 Å². The number of hydrogen-bond acceptors (Lipinski definition) is 6. The minimum Gasteiger partial charge on any atom is -0.395 e. The average Bonchev–Trinajstić information content (AvgIpc) is 3.27. The first-order chi connectivity index (χ1) is 16.3.